The fourth-order valence-electron chi connectivity index (χ4n) is 2.77. The first-order chi connectivity index (χ1) is 13.3. The normalized spacial score (nSPS) is 11.8. The molecule has 2 heterocycles. The Labute approximate surface area is 167 Å². The van der Waals surface area contributed by atoms with E-state index in [2.05, 4.69) is 4.99 Å². The number of esters is 1. The van der Waals surface area contributed by atoms with E-state index in [4.69, 9.17) is 4.74 Å². The van der Waals surface area contributed by atoms with Crippen molar-refractivity contribution in [2.45, 2.75) is 27.3 Å². The average Bonchev–Trinajstić information content (AvgIpc) is 3.22. The number of benzene rings is 1. The van der Waals surface area contributed by atoms with Gasteiger partial charge in [-0.3, -0.25) is 19.7 Å². The monoisotopic (exact) mass is 419 g/mol. The van der Waals surface area contributed by atoms with Crippen LogP contribution in [0.15, 0.2) is 29.3 Å². The smallest absolute Gasteiger partial charge is 0.326 e. The maximum atomic E-state index is 12.5. The van der Waals surface area contributed by atoms with Gasteiger partial charge in [0.2, 0.25) is 0 Å². The number of thiophene rings is 1. The Kier molecular flexibility index (Phi) is 5.71. The van der Waals surface area contributed by atoms with Crippen molar-refractivity contribution in [3.63, 3.8) is 0 Å². The van der Waals surface area contributed by atoms with Crippen molar-refractivity contribution in [1.82, 2.24) is 4.57 Å². The SMILES string of the molecule is CCOC(=O)Cn1c(=NC(=O)c2ccc([N+](=O)[O-])s2)sc2c(C)cc(C)cc21. The van der Waals surface area contributed by atoms with E-state index in [1.54, 1.807) is 11.5 Å². The van der Waals surface area contributed by atoms with Gasteiger partial charge in [-0.25, -0.2) is 0 Å². The molecule has 0 saturated heterocycles. The number of hydrogen-bond acceptors (Lipinski definition) is 7. The Morgan fingerprint density at radius 1 is 1.25 bits per heavy atom. The molecule has 0 N–H and O–H groups in total. The van der Waals surface area contributed by atoms with E-state index in [-0.39, 0.29) is 23.0 Å². The lowest BCUT2D eigenvalue weighted by Crippen LogP contribution is -2.23. The second-order valence-corrected chi connectivity index (χ2v) is 8.06. The number of aromatic nitrogens is 1. The highest BCUT2D eigenvalue weighted by molar-refractivity contribution is 7.17. The standard InChI is InChI=1S/C18H17N3O5S2/c1-4-26-15(22)9-20-12-8-10(2)7-11(3)16(12)28-18(20)19-17(23)13-5-6-14(27-13)21(24)25/h5-8H,4,9H2,1-3H3. The molecule has 0 spiro atoms. The minimum absolute atomic E-state index is 0.0760. The second kappa shape index (κ2) is 8.03. The molecule has 28 heavy (non-hydrogen) atoms. The number of fused-ring (bicyclic) bond motifs is 1. The van der Waals surface area contributed by atoms with Gasteiger partial charge >= 0.3 is 11.0 Å². The number of amides is 1. The summed E-state index contributed by atoms with van der Waals surface area (Å²) in [7, 11) is 0. The summed E-state index contributed by atoms with van der Waals surface area (Å²) in [6, 6.07) is 6.60. The van der Waals surface area contributed by atoms with E-state index in [9.17, 15) is 19.7 Å². The number of carbonyl (C=O) groups excluding carboxylic acids is 2. The van der Waals surface area contributed by atoms with Gasteiger partial charge < -0.3 is 9.30 Å². The number of thiazole rings is 1. The van der Waals surface area contributed by atoms with Gasteiger partial charge in [-0.05, 0) is 44.0 Å². The number of nitrogens with zero attached hydrogens (tertiary/aromatic N) is 3. The van der Waals surface area contributed by atoms with Gasteiger partial charge in [-0.15, -0.1) is 0 Å². The minimum atomic E-state index is -0.586. The minimum Gasteiger partial charge on any atom is -0.465 e. The Morgan fingerprint density at radius 2 is 2.00 bits per heavy atom. The first-order valence-corrected chi connectivity index (χ1v) is 10.0. The number of ether oxygens (including phenoxy) is 1. The van der Waals surface area contributed by atoms with E-state index in [0.717, 1.165) is 32.7 Å². The maximum absolute atomic E-state index is 12.5. The Hall–Kier alpha value is -2.85. The van der Waals surface area contributed by atoms with Crippen LogP contribution in [0.1, 0.15) is 27.7 Å². The summed E-state index contributed by atoms with van der Waals surface area (Å²) in [5, 5.41) is 10.7. The van der Waals surface area contributed by atoms with Crippen molar-refractivity contribution in [1.29, 1.82) is 0 Å². The third-order valence-electron chi connectivity index (χ3n) is 3.89. The van der Waals surface area contributed by atoms with Gasteiger partial charge in [0, 0.05) is 6.07 Å². The molecule has 146 valence electrons. The molecule has 0 atom stereocenters. The summed E-state index contributed by atoms with van der Waals surface area (Å²) in [6.07, 6.45) is 0. The van der Waals surface area contributed by atoms with Gasteiger partial charge in [0.15, 0.2) is 4.80 Å². The highest BCUT2D eigenvalue weighted by atomic mass is 32.1. The zero-order valence-corrected chi connectivity index (χ0v) is 17.1. The molecule has 1 amide bonds. The molecule has 0 bridgehead atoms. The molecule has 1 aromatic carbocycles. The van der Waals surface area contributed by atoms with Crippen LogP contribution >= 0.6 is 22.7 Å². The topological polar surface area (TPSA) is 104 Å². The van der Waals surface area contributed by atoms with Crippen LogP contribution in [0, 0.1) is 24.0 Å². The molecule has 0 fully saturated rings. The van der Waals surface area contributed by atoms with Gasteiger partial charge in [-0.1, -0.05) is 28.7 Å². The fourth-order valence-corrected chi connectivity index (χ4v) is 4.55. The average molecular weight is 419 g/mol. The van der Waals surface area contributed by atoms with Gasteiger partial charge in [-0.2, -0.15) is 4.99 Å². The Bertz CT molecular complexity index is 1160. The molecule has 10 heteroatoms. The lowest BCUT2D eigenvalue weighted by atomic mass is 10.1. The van der Waals surface area contributed by atoms with Gasteiger partial charge in [0.25, 0.3) is 5.91 Å². The number of aryl methyl sites for hydroxylation is 2. The summed E-state index contributed by atoms with van der Waals surface area (Å²) in [4.78, 5) is 39.6. The Morgan fingerprint density at radius 3 is 2.64 bits per heavy atom. The zero-order valence-electron chi connectivity index (χ0n) is 15.4. The molecule has 3 aromatic rings. The van der Waals surface area contributed by atoms with Crippen molar-refractivity contribution >= 4 is 49.8 Å². The maximum Gasteiger partial charge on any atom is 0.326 e. The van der Waals surface area contributed by atoms with Crippen molar-refractivity contribution in [3.8, 4) is 0 Å². The van der Waals surface area contributed by atoms with Crippen LogP contribution in [0.5, 0.6) is 0 Å². The van der Waals surface area contributed by atoms with E-state index >= 15 is 0 Å². The molecule has 0 aliphatic carbocycles. The van der Waals surface area contributed by atoms with Crippen LogP contribution in [-0.2, 0) is 16.1 Å². The summed E-state index contributed by atoms with van der Waals surface area (Å²) in [6.45, 7) is 5.80. The highest BCUT2D eigenvalue weighted by Crippen LogP contribution is 2.26. The van der Waals surface area contributed by atoms with Crippen LogP contribution in [0.4, 0.5) is 5.00 Å². The van der Waals surface area contributed by atoms with Crippen molar-refractivity contribution in [3.05, 3.63) is 55.2 Å². The molecule has 0 aliphatic rings. The molecule has 2 aromatic heterocycles. The molecular weight excluding hydrogens is 402 g/mol. The quantitative estimate of drug-likeness (QED) is 0.357. The zero-order chi connectivity index (χ0) is 20.4. The molecule has 0 radical (unpaired) electrons. The highest BCUT2D eigenvalue weighted by Gasteiger charge is 2.17. The lowest BCUT2D eigenvalue weighted by molar-refractivity contribution is -0.380. The molecular formula is C18H17N3O5S2. The van der Waals surface area contributed by atoms with Crippen LogP contribution in [-0.4, -0.2) is 28.0 Å². The summed E-state index contributed by atoms with van der Waals surface area (Å²) in [5.41, 5.74) is 2.82. The van der Waals surface area contributed by atoms with Crippen molar-refractivity contribution < 1.29 is 19.2 Å². The molecule has 3 rings (SSSR count). The van der Waals surface area contributed by atoms with E-state index < -0.39 is 16.8 Å². The third kappa shape index (κ3) is 4.02. The van der Waals surface area contributed by atoms with E-state index in [1.165, 1.54) is 23.5 Å². The third-order valence-corrected chi connectivity index (χ3v) is 6.14. The molecule has 0 aliphatic heterocycles. The van der Waals surface area contributed by atoms with E-state index in [1.807, 2.05) is 26.0 Å². The van der Waals surface area contributed by atoms with Gasteiger partial charge in [0.05, 0.1) is 21.7 Å². The predicted octanol–water partition coefficient (Wildman–Crippen LogP) is 3.59. The Balaban J connectivity index is 2.13. The summed E-state index contributed by atoms with van der Waals surface area (Å²) < 4.78 is 7.61. The number of nitro groups is 1. The van der Waals surface area contributed by atoms with Crippen molar-refractivity contribution in [2.75, 3.05) is 6.61 Å². The van der Waals surface area contributed by atoms with Crippen LogP contribution in [0.25, 0.3) is 10.2 Å². The number of rotatable bonds is 5. The lowest BCUT2D eigenvalue weighted by Gasteiger charge is -2.06. The fraction of sp³-hybridized carbons (Fsp3) is 0.278. The number of carbonyl (C=O) groups is 2. The van der Waals surface area contributed by atoms with Gasteiger partial charge in [0.1, 0.15) is 11.4 Å². The van der Waals surface area contributed by atoms with Crippen molar-refractivity contribution in [2.24, 2.45) is 4.99 Å². The summed E-state index contributed by atoms with van der Waals surface area (Å²) in [5.74, 6) is -1.02. The molecule has 8 nitrogen and oxygen atoms in total. The molecule has 0 unspecified atom stereocenters. The first kappa shape index (κ1) is 19.9. The molecule has 0 saturated carbocycles. The second-order valence-electron chi connectivity index (χ2n) is 6.02. The number of hydrogen-bond donors (Lipinski definition) is 0. The van der Waals surface area contributed by atoms with Crippen LogP contribution in [0.2, 0.25) is 0 Å². The van der Waals surface area contributed by atoms with Crippen LogP contribution < -0.4 is 4.80 Å². The summed E-state index contributed by atoms with van der Waals surface area (Å²) >= 11 is 2.06. The first-order valence-electron chi connectivity index (χ1n) is 8.39. The predicted molar refractivity (Wildman–Crippen MR) is 107 cm³/mol. The largest absolute Gasteiger partial charge is 0.465 e. The van der Waals surface area contributed by atoms with Crippen LogP contribution in [0.3, 0.4) is 0 Å². The van der Waals surface area contributed by atoms with E-state index in [0.29, 0.717) is 4.80 Å².